The monoisotopic (exact) mass is 466 g/mol. The number of allylic oxidation sites excluding steroid dienone is 1. The summed E-state index contributed by atoms with van der Waals surface area (Å²) in [5.74, 6) is 0.255. The van der Waals surface area contributed by atoms with Crippen LogP contribution in [0.15, 0.2) is 47.0 Å². The van der Waals surface area contributed by atoms with E-state index in [0.717, 1.165) is 0 Å². The molecule has 0 bridgehead atoms. The van der Waals surface area contributed by atoms with Gasteiger partial charge in [-0.05, 0) is 26.0 Å². The molecule has 1 aliphatic heterocycles. The number of sulfonamides is 1. The van der Waals surface area contributed by atoms with E-state index in [1.807, 2.05) is 0 Å². The molecule has 1 aromatic heterocycles. The average Bonchev–Trinajstić information content (AvgIpc) is 3.15. The van der Waals surface area contributed by atoms with Gasteiger partial charge in [-0.1, -0.05) is 30.0 Å². The number of ether oxygens (including phenoxy) is 2. The summed E-state index contributed by atoms with van der Waals surface area (Å²) in [6.07, 6.45) is 1.50. The zero-order valence-electron chi connectivity index (χ0n) is 17.6. The van der Waals surface area contributed by atoms with E-state index in [2.05, 4.69) is 16.8 Å². The van der Waals surface area contributed by atoms with Crippen molar-refractivity contribution in [2.24, 2.45) is 0 Å². The number of aromatic nitrogens is 3. The first-order chi connectivity index (χ1) is 14.8. The van der Waals surface area contributed by atoms with Gasteiger partial charge in [0.25, 0.3) is 0 Å². The van der Waals surface area contributed by atoms with E-state index >= 15 is 0 Å². The fourth-order valence-electron chi connectivity index (χ4n) is 3.05. The fourth-order valence-corrected chi connectivity index (χ4v) is 5.24. The molecule has 9 nitrogen and oxygen atoms in total. The maximum atomic E-state index is 13.0. The summed E-state index contributed by atoms with van der Waals surface area (Å²) in [4.78, 5) is 12.1. The molecule has 2 aromatic rings. The van der Waals surface area contributed by atoms with Gasteiger partial charge < -0.3 is 9.47 Å². The molecule has 2 heterocycles. The largest absolute Gasteiger partial charge is 0.462 e. The van der Waals surface area contributed by atoms with Crippen molar-refractivity contribution in [1.29, 1.82) is 0 Å². The maximum absolute atomic E-state index is 13.0. The molecular weight excluding hydrogens is 440 g/mol. The Balaban J connectivity index is 1.87. The Bertz CT molecular complexity index is 1030. The van der Waals surface area contributed by atoms with Gasteiger partial charge in [-0.2, -0.15) is 4.31 Å². The van der Waals surface area contributed by atoms with E-state index in [-0.39, 0.29) is 22.7 Å². The van der Waals surface area contributed by atoms with E-state index in [4.69, 9.17) is 9.47 Å². The van der Waals surface area contributed by atoms with Crippen LogP contribution in [-0.4, -0.2) is 71.6 Å². The standard InChI is InChI=1S/C20H26N4O5S2/c1-4-8-24-19(21-22-20(24)30-14-18(25)29-15(2)3)16-6-5-7-17(13-16)31(26,27)23-9-11-28-12-10-23/h4-7,13,15H,1,8-12,14H2,2-3H3. The molecule has 31 heavy (non-hydrogen) atoms. The number of thioether (sulfide) groups is 1. The predicted octanol–water partition coefficient (Wildman–Crippen LogP) is 2.20. The van der Waals surface area contributed by atoms with Crippen LogP contribution in [0.1, 0.15) is 13.8 Å². The third-order valence-electron chi connectivity index (χ3n) is 4.41. The summed E-state index contributed by atoms with van der Waals surface area (Å²) >= 11 is 1.21. The number of morpholine rings is 1. The molecule has 1 aromatic carbocycles. The van der Waals surface area contributed by atoms with Crippen LogP contribution in [0.25, 0.3) is 11.4 Å². The Hall–Kier alpha value is -2.21. The molecule has 168 valence electrons. The van der Waals surface area contributed by atoms with Gasteiger partial charge in [-0.3, -0.25) is 9.36 Å². The lowest BCUT2D eigenvalue weighted by molar-refractivity contribution is -0.144. The van der Waals surface area contributed by atoms with Crippen molar-refractivity contribution >= 4 is 27.8 Å². The second kappa shape index (κ2) is 10.4. The quantitative estimate of drug-likeness (QED) is 0.315. The average molecular weight is 467 g/mol. The number of hydrogen-bond donors (Lipinski definition) is 0. The van der Waals surface area contributed by atoms with Crippen LogP contribution in [0.2, 0.25) is 0 Å². The summed E-state index contributed by atoms with van der Waals surface area (Å²) < 4.78 is 39.6. The molecule has 0 atom stereocenters. The second-order valence-electron chi connectivity index (χ2n) is 7.08. The smallest absolute Gasteiger partial charge is 0.316 e. The minimum absolute atomic E-state index is 0.0961. The van der Waals surface area contributed by atoms with Crippen LogP contribution in [0.5, 0.6) is 0 Å². The number of carbonyl (C=O) groups excluding carboxylic acids is 1. The Morgan fingerprint density at radius 3 is 2.74 bits per heavy atom. The maximum Gasteiger partial charge on any atom is 0.316 e. The summed E-state index contributed by atoms with van der Waals surface area (Å²) in [7, 11) is -3.63. The number of rotatable bonds is 9. The first-order valence-corrected chi connectivity index (χ1v) is 12.3. The molecule has 0 radical (unpaired) electrons. The van der Waals surface area contributed by atoms with Crippen molar-refractivity contribution in [2.45, 2.75) is 36.5 Å². The van der Waals surface area contributed by atoms with Gasteiger partial charge >= 0.3 is 5.97 Å². The minimum Gasteiger partial charge on any atom is -0.462 e. The summed E-state index contributed by atoms with van der Waals surface area (Å²) in [6, 6.07) is 6.63. The van der Waals surface area contributed by atoms with Crippen molar-refractivity contribution in [1.82, 2.24) is 19.1 Å². The minimum atomic E-state index is -3.63. The molecule has 0 unspecified atom stereocenters. The highest BCUT2D eigenvalue weighted by atomic mass is 32.2. The molecule has 0 spiro atoms. The van der Waals surface area contributed by atoms with Crippen LogP contribution in [-0.2, 0) is 30.8 Å². The molecule has 0 amide bonds. The van der Waals surface area contributed by atoms with Crippen molar-refractivity contribution in [3.8, 4) is 11.4 Å². The number of carbonyl (C=O) groups is 1. The highest BCUT2D eigenvalue weighted by molar-refractivity contribution is 7.99. The summed E-state index contributed by atoms with van der Waals surface area (Å²) in [6.45, 7) is 9.17. The van der Waals surface area contributed by atoms with Crippen molar-refractivity contribution in [3.05, 3.63) is 36.9 Å². The number of esters is 1. The van der Waals surface area contributed by atoms with E-state index < -0.39 is 10.0 Å². The van der Waals surface area contributed by atoms with Crippen LogP contribution in [0, 0.1) is 0 Å². The van der Waals surface area contributed by atoms with E-state index in [1.165, 1.54) is 16.1 Å². The molecule has 0 N–H and O–H groups in total. The number of nitrogens with zero attached hydrogens (tertiary/aromatic N) is 4. The van der Waals surface area contributed by atoms with Gasteiger partial charge in [-0.25, -0.2) is 8.42 Å². The van der Waals surface area contributed by atoms with Crippen molar-refractivity contribution in [2.75, 3.05) is 32.1 Å². The Labute approximate surface area is 186 Å². The summed E-state index contributed by atoms with van der Waals surface area (Å²) in [5, 5.41) is 8.96. The van der Waals surface area contributed by atoms with Crippen molar-refractivity contribution in [3.63, 3.8) is 0 Å². The normalized spacial score (nSPS) is 15.2. The molecule has 0 aliphatic carbocycles. The predicted molar refractivity (Wildman–Crippen MR) is 117 cm³/mol. The third kappa shape index (κ3) is 5.73. The highest BCUT2D eigenvalue weighted by Gasteiger charge is 2.27. The van der Waals surface area contributed by atoms with Crippen LogP contribution in [0.4, 0.5) is 0 Å². The number of hydrogen-bond acceptors (Lipinski definition) is 8. The Kier molecular flexibility index (Phi) is 7.87. The van der Waals surface area contributed by atoms with Gasteiger partial charge in [0, 0.05) is 25.2 Å². The summed E-state index contributed by atoms with van der Waals surface area (Å²) in [5.41, 5.74) is 0.611. The molecule has 11 heteroatoms. The lowest BCUT2D eigenvalue weighted by atomic mass is 10.2. The Morgan fingerprint density at radius 2 is 2.06 bits per heavy atom. The SMILES string of the molecule is C=CCn1c(SCC(=O)OC(C)C)nnc1-c1cccc(S(=O)(=O)N2CCOCC2)c1. The first kappa shape index (κ1) is 23.5. The first-order valence-electron chi connectivity index (χ1n) is 9.87. The van der Waals surface area contributed by atoms with Gasteiger partial charge in [0.05, 0.1) is 30.0 Å². The van der Waals surface area contributed by atoms with E-state index in [0.29, 0.717) is 49.4 Å². The van der Waals surface area contributed by atoms with E-state index in [1.54, 1.807) is 48.8 Å². The van der Waals surface area contributed by atoms with Gasteiger partial charge in [0.2, 0.25) is 10.0 Å². The fraction of sp³-hybridized carbons (Fsp3) is 0.450. The lowest BCUT2D eigenvalue weighted by Gasteiger charge is -2.26. The highest BCUT2D eigenvalue weighted by Crippen LogP contribution is 2.27. The molecule has 0 saturated carbocycles. The molecule has 1 fully saturated rings. The molecule has 1 aliphatic rings. The Morgan fingerprint density at radius 1 is 1.32 bits per heavy atom. The van der Waals surface area contributed by atoms with E-state index in [9.17, 15) is 13.2 Å². The van der Waals surface area contributed by atoms with Crippen LogP contribution >= 0.6 is 11.8 Å². The molecular formula is C20H26N4O5S2. The zero-order chi connectivity index (χ0) is 22.4. The molecule has 3 rings (SSSR count). The number of benzene rings is 1. The zero-order valence-corrected chi connectivity index (χ0v) is 19.2. The van der Waals surface area contributed by atoms with Gasteiger partial charge in [-0.15, -0.1) is 16.8 Å². The lowest BCUT2D eigenvalue weighted by Crippen LogP contribution is -2.40. The second-order valence-corrected chi connectivity index (χ2v) is 9.96. The van der Waals surface area contributed by atoms with Gasteiger partial charge in [0.1, 0.15) is 0 Å². The van der Waals surface area contributed by atoms with Crippen molar-refractivity contribution < 1.29 is 22.7 Å². The third-order valence-corrected chi connectivity index (χ3v) is 7.25. The van der Waals surface area contributed by atoms with Gasteiger partial charge in [0.15, 0.2) is 11.0 Å². The topological polar surface area (TPSA) is 104 Å². The van der Waals surface area contributed by atoms with Crippen LogP contribution < -0.4 is 0 Å². The van der Waals surface area contributed by atoms with Crippen LogP contribution in [0.3, 0.4) is 0 Å². The molecule has 1 saturated heterocycles.